The van der Waals surface area contributed by atoms with Crippen molar-refractivity contribution in [2.24, 2.45) is 5.92 Å². The first-order valence-corrected chi connectivity index (χ1v) is 6.30. The zero-order chi connectivity index (χ0) is 12.6. The number of likely N-dealkylation sites (tertiary alicyclic amines) is 2. The summed E-state index contributed by atoms with van der Waals surface area (Å²) in [6, 6.07) is 0.562. The number of carboxylic acids is 1. The molecule has 2 amide bonds. The third-order valence-corrected chi connectivity index (χ3v) is 3.92. The summed E-state index contributed by atoms with van der Waals surface area (Å²) >= 11 is 0. The number of carbonyl (C=O) groups is 2. The zero-order valence-corrected chi connectivity index (χ0v) is 10.4. The van der Waals surface area contributed by atoms with E-state index in [1.54, 1.807) is 4.90 Å². The Balaban J connectivity index is 1.94. The van der Waals surface area contributed by atoms with Crippen molar-refractivity contribution in [2.75, 3.05) is 13.1 Å². The fraction of sp³-hybridized carbons (Fsp3) is 0.833. The molecule has 2 saturated heterocycles. The van der Waals surface area contributed by atoms with Gasteiger partial charge in [0.25, 0.3) is 0 Å². The molecule has 0 saturated carbocycles. The van der Waals surface area contributed by atoms with Crippen LogP contribution in [-0.2, 0) is 4.79 Å². The number of carboxylic acid groups (broad SMARTS) is 1. The molecule has 2 unspecified atom stereocenters. The lowest BCUT2D eigenvalue weighted by Crippen LogP contribution is -2.60. The highest BCUT2D eigenvalue weighted by Crippen LogP contribution is 2.26. The van der Waals surface area contributed by atoms with Crippen LogP contribution in [0.25, 0.3) is 0 Å². The van der Waals surface area contributed by atoms with E-state index < -0.39 is 5.97 Å². The van der Waals surface area contributed by atoms with Gasteiger partial charge < -0.3 is 14.9 Å². The molecule has 0 aromatic carbocycles. The van der Waals surface area contributed by atoms with Gasteiger partial charge in [-0.1, -0.05) is 0 Å². The Morgan fingerprint density at radius 3 is 2.12 bits per heavy atom. The third-order valence-electron chi connectivity index (χ3n) is 3.92. The maximum atomic E-state index is 12.2. The first kappa shape index (κ1) is 12.2. The van der Waals surface area contributed by atoms with Crippen LogP contribution in [0.4, 0.5) is 4.79 Å². The van der Waals surface area contributed by atoms with Crippen molar-refractivity contribution in [3.63, 3.8) is 0 Å². The Kier molecular flexibility index (Phi) is 3.26. The number of carbonyl (C=O) groups excluding carboxylic acids is 1. The lowest BCUT2D eigenvalue weighted by Gasteiger charge is -2.45. The quantitative estimate of drug-likeness (QED) is 0.753. The van der Waals surface area contributed by atoms with Gasteiger partial charge in [0.15, 0.2) is 0 Å². The van der Waals surface area contributed by atoms with E-state index in [9.17, 15) is 9.59 Å². The summed E-state index contributed by atoms with van der Waals surface area (Å²) in [6.45, 7) is 4.87. The number of aliphatic carboxylic acids is 1. The van der Waals surface area contributed by atoms with Crippen molar-refractivity contribution in [2.45, 2.75) is 45.2 Å². The van der Waals surface area contributed by atoms with Crippen molar-refractivity contribution in [1.82, 2.24) is 9.80 Å². The average molecular weight is 240 g/mol. The number of piperidine rings is 1. The van der Waals surface area contributed by atoms with E-state index in [0.29, 0.717) is 13.1 Å². The molecule has 2 aliphatic heterocycles. The van der Waals surface area contributed by atoms with E-state index in [2.05, 4.69) is 13.8 Å². The van der Waals surface area contributed by atoms with E-state index in [0.717, 1.165) is 12.8 Å². The summed E-state index contributed by atoms with van der Waals surface area (Å²) in [5.41, 5.74) is 0. The van der Waals surface area contributed by atoms with Gasteiger partial charge in [0.1, 0.15) is 0 Å². The lowest BCUT2D eigenvalue weighted by atomic mass is 9.96. The summed E-state index contributed by atoms with van der Waals surface area (Å²) in [5.74, 6) is -1.16. The highest BCUT2D eigenvalue weighted by atomic mass is 16.4. The van der Waals surface area contributed by atoms with E-state index >= 15 is 0 Å². The van der Waals surface area contributed by atoms with Crippen LogP contribution in [0.1, 0.15) is 33.1 Å². The van der Waals surface area contributed by atoms with E-state index in [4.69, 9.17) is 5.11 Å². The molecule has 17 heavy (non-hydrogen) atoms. The maximum Gasteiger partial charge on any atom is 0.320 e. The molecule has 0 bridgehead atoms. The fourth-order valence-corrected chi connectivity index (χ4v) is 2.75. The number of hydrogen-bond donors (Lipinski definition) is 1. The van der Waals surface area contributed by atoms with Gasteiger partial charge in [0.05, 0.1) is 5.92 Å². The third kappa shape index (κ3) is 2.23. The Hall–Kier alpha value is -1.26. The maximum absolute atomic E-state index is 12.2. The van der Waals surface area contributed by atoms with Crippen molar-refractivity contribution >= 4 is 12.0 Å². The number of rotatable bonds is 1. The summed E-state index contributed by atoms with van der Waals surface area (Å²) in [7, 11) is 0. The molecule has 2 atom stereocenters. The van der Waals surface area contributed by atoms with E-state index in [1.165, 1.54) is 6.42 Å². The smallest absolute Gasteiger partial charge is 0.320 e. The predicted molar refractivity (Wildman–Crippen MR) is 62.7 cm³/mol. The first-order chi connectivity index (χ1) is 8.00. The minimum absolute atomic E-state index is 0.0159. The molecule has 5 heteroatoms. The summed E-state index contributed by atoms with van der Waals surface area (Å²) in [5, 5.41) is 8.80. The SMILES string of the molecule is CC1CCCC(C)N1C(=O)N1CC(C(=O)O)C1. The van der Waals surface area contributed by atoms with Gasteiger partial charge in [-0.25, -0.2) is 4.79 Å². The van der Waals surface area contributed by atoms with Gasteiger partial charge in [-0.3, -0.25) is 4.79 Å². The van der Waals surface area contributed by atoms with Gasteiger partial charge in [-0.2, -0.15) is 0 Å². The molecule has 0 aromatic rings. The van der Waals surface area contributed by atoms with Crippen LogP contribution in [0.2, 0.25) is 0 Å². The fourth-order valence-electron chi connectivity index (χ4n) is 2.75. The Bertz CT molecular complexity index is 316. The number of hydrogen-bond acceptors (Lipinski definition) is 2. The van der Waals surface area contributed by atoms with Crippen LogP contribution in [0.5, 0.6) is 0 Å². The number of amides is 2. The standard InChI is InChI=1S/C12H20N2O3/c1-8-4-3-5-9(2)14(8)12(17)13-6-10(7-13)11(15)16/h8-10H,3-7H2,1-2H3,(H,15,16). The van der Waals surface area contributed by atoms with Crippen LogP contribution in [0.15, 0.2) is 0 Å². The first-order valence-electron chi connectivity index (χ1n) is 6.30. The number of urea groups is 1. The Labute approximate surface area is 101 Å². The lowest BCUT2D eigenvalue weighted by molar-refractivity contribution is -0.146. The minimum Gasteiger partial charge on any atom is -0.481 e. The molecule has 0 aliphatic carbocycles. The van der Waals surface area contributed by atoms with Crippen LogP contribution in [-0.4, -0.2) is 52.1 Å². The van der Waals surface area contributed by atoms with Gasteiger partial charge in [0.2, 0.25) is 0 Å². The molecule has 2 heterocycles. The Morgan fingerprint density at radius 1 is 1.12 bits per heavy atom. The molecule has 0 spiro atoms. The van der Waals surface area contributed by atoms with Gasteiger partial charge in [-0.15, -0.1) is 0 Å². The molecule has 2 aliphatic rings. The highest BCUT2D eigenvalue weighted by Gasteiger charge is 2.40. The molecule has 96 valence electrons. The van der Waals surface area contributed by atoms with Crippen molar-refractivity contribution in [1.29, 1.82) is 0 Å². The molecule has 1 N–H and O–H groups in total. The van der Waals surface area contributed by atoms with Crippen molar-refractivity contribution in [3.8, 4) is 0 Å². The molecule has 0 aromatic heterocycles. The van der Waals surface area contributed by atoms with Crippen molar-refractivity contribution in [3.05, 3.63) is 0 Å². The molecule has 2 fully saturated rings. The second kappa shape index (κ2) is 4.55. The van der Waals surface area contributed by atoms with Crippen LogP contribution in [0.3, 0.4) is 0 Å². The van der Waals surface area contributed by atoms with Gasteiger partial charge in [0, 0.05) is 25.2 Å². The van der Waals surface area contributed by atoms with E-state index in [-0.39, 0.29) is 24.0 Å². The highest BCUT2D eigenvalue weighted by molar-refractivity contribution is 5.80. The number of nitrogens with zero attached hydrogens (tertiary/aromatic N) is 2. The molecular weight excluding hydrogens is 220 g/mol. The van der Waals surface area contributed by atoms with Crippen LogP contribution in [0, 0.1) is 5.92 Å². The van der Waals surface area contributed by atoms with E-state index in [1.807, 2.05) is 4.90 Å². The minimum atomic E-state index is -0.797. The second-order valence-corrected chi connectivity index (χ2v) is 5.26. The van der Waals surface area contributed by atoms with Crippen LogP contribution >= 0.6 is 0 Å². The summed E-state index contributed by atoms with van der Waals surface area (Å²) in [4.78, 5) is 26.5. The monoisotopic (exact) mass is 240 g/mol. The van der Waals surface area contributed by atoms with Gasteiger partial charge >= 0.3 is 12.0 Å². The molecule has 0 radical (unpaired) electrons. The molecule has 2 rings (SSSR count). The molecule has 5 nitrogen and oxygen atoms in total. The topological polar surface area (TPSA) is 60.9 Å². The average Bonchev–Trinajstić information content (AvgIpc) is 2.13. The Morgan fingerprint density at radius 2 is 1.65 bits per heavy atom. The largest absolute Gasteiger partial charge is 0.481 e. The summed E-state index contributed by atoms with van der Waals surface area (Å²) < 4.78 is 0. The van der Waals surface area contributed by atoms with Crippen molar-refractivity contribution < 1.29 is 14.7 Å². The normalized spacial score (nSPS) is 30.0. The second-order valence-electron chi connectivity index (χ2n) is 5.26. The van der Waals surface area contributed by atoms with Crippen LogP contribution < -0.4 is 0 Å². The van der Waals surface area contributed by atoms with Gasteiger partial charge in [-0.05, 0) is 33.1 Å². The zero-order valence-electron chi connectivity index (χ0n) is 10.4. The molecular formula is C12H20N2O3. The predicted octanol–water partition coefficient (Wildman–Crippen LogP) is 1.39. The summed E-state index contributed by atoms with van der Waals surface area (Å²) in [6.07, 6.45) is 3.27.